The quantitative estimate of drug-likeness (QED) is 0.703. The van der Waals surface area contributed by atoms with Gasteiger partial charge in [0.15, 0.2) is 0 Å². The zero-order valence-corrected chi connectivity index (χ0v) is 17.6. The number of imidazole rings is 1. The van der Waals surface area contributed by atoms with Crippen LogP contribution in [-0.4, -0.2) is 60.1 Å². The van der Waals surface area contributed by atoms with E-state index < -0.39 is 0 Å². The van der Waals surface area contributed by atoms with E-state index in [0.29, 0.717) is 12.8 Å². The molecule has 0 saturated carbocycles. The Labute approximate surface area is 181 Å². The Morgan fingerprint density at radius 1 is 1.16 bits per heavy atom. The second kappa shape index (κ2) is 7.55. The molecule has 0 aliphatic carbocycles. The number of ether oxygens (including phenoxy) is 2. The molecule has 1 fully saturated rings. The molecule has 1 aromatic heterocycles. The van der Waals surface area contributed by atoms with Gasteiger partial charge in [0.05, 0.1) is 37.6 Å². The van der Waals surface area contributed by atoms with Gasteiger partial charge in [-0.25, -0.2) is 9.98 Å². The maximum absolute atomic E-state index is 5.85. The molecule has 0 amide bonds. The van der Waals surface area contributed by atoms with Gasteiger partial charge in [0.2, 0.25) is 11.9 Å². The van der Waals surface area contributed by atoms with Crippen LogP contribution >= 0.6 is 0 Å². The molecule has 160 valence electrons. The minimum absolute atomic E-state index is 0.0898. The van der Waals surface area contributed by atoms with Gasteiger partial charge in [0.1, 0.15) is 11.9 Å². The standard InChI is InChI=1S/C23H26N6O2/c1-30-17-10-8-16(9-11-17)21-26-22-24-14-27(13-18-5-4-12-31-18)15-28(22)23-25-19-6-2-3-7-20(19)29(21)23/h2-3,6-11,18,21H,4-5,12-15H2,1H3,(H,24,26)/t18-,21+/m0/s1. The Morgan fingerprint density at radius 3 is 2.84 bits per heavy atom. The number of nitrogens with zero attached hydrogens (tertiary/aromatic N) is 5. The number of hydrogen-bond acceptors (Lipinski definition) is 7. The highest BCUT2D eigenvalue weighted by Crippen LogP contribution is 2.34. The van der Waals surface area contributed by atoms with Crippen molar-refractivity contribution < 1.29 is 9.47 Å². The highest BCUT2D eigenvalue weighted by atomic mass is 16.5. The lowest BCUT2D eigenvalue weighted by molar-refractivity contribution is 0.0732. The van der Waals surface area contributed by atoms with E-state index in [0.717, 1.165) is 66.9 Å². The van der Waals surface area contributed by atoms with Gasteiger partial charge < -0.3 is 14.8 Å². The molecule has 1 saturated heterocycles. The number of para-hydroxylation sites is 2. The molecule has 0 unspecified atom stereocenters. The van der Waals surface area contributed by atoms with Crippen molar-refractivity contribution >= 4 is 22.9 Å². The van der Waals surface area contributed by atoms with E-state index in [-0.39, 0.29) is 6.17 Å². The van der Waals surface area contributed by atoms with Crippen molar-refractivity contribution in [2.24, 2.45) is 4.99 Å². The van der Waals surface area contributed by atoms with Gasteiger partial charge in [-0.05, 0) is 42.7 Å². The highest BCUT2D eigenvalue weighted by molar-refractivity contribution is 5.98. The van der Waals surface area contributed by atoms with Crippen molar-refractivity contribution in [1.29, 1.82) is 0 Å². The van der Waals surface area contributed by atoms with Crippen molar-refractivity contribution in [2.75, 3.05) is 38.5 Å². The van der Waals surface area contributed by atoms with Crippen molar-refractivity contribution in [3.05, 3.63) is 54.1 Å². The lowest BCUT2D eigenvalue weighted by Gasteiger charge is -2.42. The zero-order valence-electron chi connectivity index (χ0n) is 17.6. The second-order valence-corrected chi connectivity index (χ2v) is 8.27. The number of benzene rings is 2. The van der Waals surface area contributed by atoms with Gasteiger partial charge in [-0.3, -0.25) is 14.4 Å². The number of methoxy groups -OCH3 is 1. The summed E-state index contributed by atoms with van der Waals surface area (Å²) in [5.74, 6) is 2.63. The number of aromatic nitrogens is 2. The molecular formula is C23H26N6O2. The summed E-state index contributed by atoms with van der Waals surface area (Å²) in [5, 5.41) is 3.66. The van der Waals surface area contributed by atoms with E-state index in [2.05, 4.69) is 50.0 Å². The third kappa shape index (κ3) is 3.23. The van der Waals surface area contributed by atoms with Crippen LogP contribution in [0.25, 0.3) is 11.0 Å². The summed E-state index contributed by atoms with van der Waals surface area (Å²) in [6.45, 7) is 3.17. The van der Waals surface area contributed by atoms with E-state index in [1.54, 1.807) is 7.11 Å². The molecule has 2 aromatic carbocycles. The van der Waals surface area contributed by atoms with E-state index >= 15 is 0 Å². The van der Waals surface area contributed by atoms with Gasteiger partial charge in [0, 0.05) is 13.2 Å². The maximum Gasteiger partial charge on any atom is 0.216 e. The van der Waals surface area contributed by atoms with Gasteiger partial charge >= 0.3 is 0 Å². The molecular weight excluding hydrogens is 392 g/mol. The molecule has 3 aliphatic rings. The summed E-state index contributed by atoms with van der Waals surface area (Å²) >= 11 is 0. The molecule has 4 heterocycles. The molecule has 2 atom stereocenters. The van der Waals surface area contributed by atoms with Crippen LogP contribution in [0.2, 0.25) is 0 Å². The molecule has 3 aliphatic heterocycles. The highest BCUT2D eigenvalue weighted by Gasteiger charge is 2.36. The third-order valence-corrected chi connectivity index (χ3v) is 6.28. The normalized spacial score (nSPS) is 23.3. The first kappa shape index (κ1) is 18.7. The summed E-state index contributed by atoms with van der Waals surface area (Å²) < 4.78 is 13.5. The number of rotatable bonds is 4. The summed E-state index contributed by atoms with van der Waals surface area (Å²) in [6.07, 6.45) is 2.49. The SMILES string of the molecule is COc1ccc([C@@H]2NC3=NCN(C[C@@H]4CCCO4)CN3c3nc4ccccc4n32)cc1. The van der Waals surface area contributed by atoms with Gasteiger partial charge in [-0.15, -0.1) is 0 Å². The summed E-state index contributed by atoms with van der Waals surface area (Å²) in [4.78, 5) is 14.4. The predicted molar refractivity (Wildman–Crippen MR) is 119 cm³/mol. The van der Waals surface area contributed by atoms with Crippen LogP contribution in [0.5, 0.6) is 5.75 Å². The van der Waals surface area contributed by atoms with E-state index in [1.807, 2.05) is 18.2 Å². The molecule has 0 bridgehead atoms. The van der Waals surface area contributed by atoms with E-state index in [1.165, 1.54) is 0 Å². The summed E-state index contributed by atoms with van der Waals surface area (Å²) in [5.41, 5.74) is 3.21. The molecule has 1 N–H and O–H groups in total. The Morgan fingerprint density at radius 2 is 2.03 bits per heavy atom. The van der Waals surface area contributed by atoms with Gasteiger partial charge in [-0.2, -0.15) is 0 Å². The van der Waals surface area contributed by atoms with Crippen molar-refractivity contribution in [2.45, 2.75) is 25.1 Å². The van der Waals surface area contributed by atoms with Crippen molar-refractivity contribution in [1.82, 2.24) is 19.8 Å². The topological polar surface area (TPSA) is 67.2 Å². The number of hydrogen-bond donors (Lipinski definition) is 1. The molecule has 8 nitrogen and oxygen atoms in total. The Kier molecular flexibility index (Phi) is 4.54. The molecule has 0 radical (unpaired) electrons. The van der Waals surface area contributed by atoms with Gasteiger partial charge in [0.25, 0.3) is 0 Å². The second-order valence-electron chi connectivity index (χ2n) is 8.27. The smallest absolute Gasteiger partial charge is 0.216 e. The largest absolute Gasteiger partial charge is 0.497 e. The number of guanidine groups is 1. The third-order valence-electron chi connectivity index (χ3n) is 6.28. The summed E-state index contributed by atoms with van der Waals surface area (Å²) in [7, 11) is 1.69. The number of nitrogens with one attached hydrogen (secondary N) is 1. The Bertz CT molecular complexity index is 1120. The fourth-order valence-corrected chi connectivity index (χ4v) is 4.72. The number of fused-ring (bicyclic) bond motifs is 5. The molecule has 3 aromatic rings. The van der Waals surface area contributed by atoms with Crippen LogP contribution < -0.4 is 15.0 Å². The lowest BCUT2D eigenvalue weighted by atomic mass is 10.1. The first-order valence-corrected chi connectivity index (χ1v) is 10.8. The zero-order chi connectivity index (χ0) is 20.8. The van der Waals surface area contributed by atoms with Crippen molar-refractivity contribution in [3.8, 4) is 5.75 Å². The van der Waals surface area contributed by atoms with Crippen LogP contribution in [0.15, 0.2) is 53.5 Å². The Hall–Kier alpha value is -3.10. The molecule has 6 rings (SSSR count). The Balaban J connectivity index is 1.39. The van der Waals surface area contributed by atoms with E-state index in [4.69, 9.17) is 19.5 Å². The summed E-state index contributed by atoms with van der Waals surface area (Å²) in [6, 6.07) is 16.5. The van der Waals surface area contributed by atoms with Crippen LogP contribution in [0, 0.1) is 0 Å². The number of aliphatic imine (C=N–C) groups is 1. The molecule has 0 spiro atoms. The fourth-order valence-electron chi connectivity index (χ4n) is 4.72. The molecule has 8 heteroatoms. The fraction of sp³-hybridized carbons (Fsp3) is 0.391. The van der Waals surface area contributed by atoms with E-state index in [9.17, 15) is 0 Å². The maximum atomic E-state index is 5.85. The first-order valence-electron chi connectivity index (χ1n) is 10.8. The minimum Gasteiger partial charge on any atom is -0.497 e. The van der Waals surface area contributed by atoms with Crippen LogP contribution in [0.1, 0.15) is 24.6 Å². The average Bonchev–Trinajstić information content (AvgIpc) is 3.47. The van der Waals surface area contributed by atoms with Crippen LogP contribution in [0.4, 0.5) is 5.95 Å². The van der Waals surface area contributed by atoms with Crippen molar-refractivity contribution in [3.63, 3.8) is 0 Å². The predicted octanol–water partition coefficient (Wildman–Crippen LogP) is 2.77. The number of anilines is 1. The van der Waals surface area contributed by atoms with Crippen LogP contribution in [0.3, 0.4) is 0 Å². The lowest BCUT2D eigenvalue weighted by Crippen LogP contribution is -2.58. The average molecular weight is 419 g/mol. The minimum atomic E-state index is -0.0898. The van der Waals surface area contributed by atoms with Gasteiger partial charge in [-0.1, -0.05) is 24.3 Å². The monoisotopic (exact) mass is 418 g/mol. The first-order chi connectivity index (χ1) is 15.3. The molecule has 31 heavy (non-hydrogen) atoms. The van der Waals surface area contributed by atoms with Crippen LogP contribution in [-0.2, 0) is 4.74 Å².